The van der Waals surface area contributed by atoms with E-state index in [9.17, 15) is 14.7 Å². The van der Waals surface area contributed by atoms with E-state index in [1.54, 1.807) is 12.2 Å². The molecule has 2 aliphatic rings. The number of nitrogens with one attached hydrogen (secondary N) is 1. The fourth-order valence-electron chi connectivity index (χ4n) is 3.26. The van der Waals surface area contributed by atoms with E-state index in [0.29, 0.717) is 5.69 Å². The number of aliphatic carboxylic acids is 1. The number of amides is 1. The van der Waals surface area contributed by atoms with Crippen LogP contribution in [-0.2, 0) is 20.7 Å². The Morgan fingerprint density at radius 1 is 1.13 bits per heavy atom. The number of rotatable bonds is 6. The Balaban J connectivity index is 1.67. The minimum Gasteiger partial charge on any atom is -0.550 e. The highest BCUT2D eigenvalue weighted by Gasteiger charge is 2.50. The molecule has 4 atom stereocenters. The van der Waals surface area contributed by atoms with E-state index in [-0.39, 0.29) is 5.91 Å². The molecule has 0 aromatic heterocycles. The van der Waals surface area contributed by atoms with Gasteiger partial charge >= 0.3 is 0 Å². The smallest absolute Gasteiger partial charge is 0.231 e. The van der Waals surface area contributed by atoms with Crippen molar-refractivity contribution in [3.05, 3.63) is 42.0 Å². The largest absolute Gasteiger partial charge is 0.550 e. The quantitative estimate of drug-likeness (QED) is 0.803. The van der Waals surface area contributed by atoms with Crippen LogP contribution in [0.1, 0.15) is 25.3 Å². The molecule has 1 fully saturated rings. The third kappa shape index (κ3) is 3.15. The predicted molar refractivity (Wildman–Crippen MR) is 83.5 cm³/mol. The first-order valence-corrected chi connectivity index (χ1v) is 8.04. The van der Waals surface area contributed by atoms with Crippen LogP contribution in [0.15, 0.2) is 36.4 Å². The number of hydrogen-bond donors (Lipinski definition) is 1. The van der Waals surface area contributed by atoms with Crippen molar-refractivity contribution in [2.45, 2.75) is 38.4 Å². The number of hydrogen-bond acceptors (Lipinski definition) is 4. The van der Waals surface area contributed by atoms with Gasteiger partial charge in [0.2, 0.25) is 5.91 Å². The lowest BCUT2D eigenvalue weighted by molar-refractivity contribution is -0.313. The summed E-state index contributed by atoms with van der Waals surface area (Å²) in [6.45, 7) is 2.15. The average molecular weight is 314 g/mol. The van der Waals surface area contributed by atoms with Crippen molar-refractivity contribution in [1.29, 1.82) is 0 Å². The summed E-state index contributed by atoms with van der Waals surface area (Å²) in [6.07, 6.45) is 5.69. The molecule has 1 N–H and O–H groups in total. The number of aryl methyl sites for hydroxylation is 1. The molecule has 2 heterocycles. The number of carbonyl (C=O) groups excluding carboxylic acids is 2. The molecule has 0 spiro atoms. The highest BCUT2D eigenvalue weighted by molar-refractivity contribution is 5.96. The molecular formula is C18H20NO4-. The Kier molecular flexibility index (Phi) is 4.48. The van der Waals surface area contributed by atoms with Crippen molar-refractivity contribution in [2.24, 2.45) is 11.8 Å². The van der Waals surface area contributed by atoms with Crippen LogP contribution in [0.3, 0.4) is 0 Å². The molecule has 122 valence electrons. The number of carboxylic acids is 1. The SMILES string of the molecule is CCCCc1ccc(NC(=O)[C@@H]2[C@@H](C(=O)[O-])[C@H]3C=C[C@@H]2O3)cc1. The first-order chi connectivity index (χ1) is 11.1. The third-order valence-electron chi connectivity index (χ3n) is 4.51. The van der Waals surface area contributed by atoms with Crippen LogP contribution < -0.4 is 10.4 Å². The number of carboxylic acid groups (broad SMARTS) is 1. The average Bonchev–Trinajstić information content (AvgIpc) is 3.15. The normalized spacial score (nSPS) is 28.0. The van der Waals surface area contributed by atoms with Crippen LogP contribution >= 0.6 is 0 Å². The van der Waals surface area contributed by atoms with Crippen LogP contribution in [0.2, 0.25) is 0 Å². The summed E-state index contributed by atoms with van der Waals surface area (Å²) in [5.41, 5.74) is 1.89. The van der Waals surface area contributed by atoms with Crippen molar-refractivity contribution in [3.8, 4) is 0 Å². The van der Waals surface area contributed by atoms with Gasteiger partial charge in [0.1, 0.15) is 0 Å². The Morgan fingerprint density at radius 3 is 2.39 bits per heavy atom. The van der Waals surface area contributed by atoms with Crippen LogP contribution in [0.5, 0.6) is 0 Å². The van der Waals surface area contributed by atoms with Crippen molar-refractivity contribution in [1.82, 2.24) is 0 Å². The Bertz CT molecular complexity index is 622. The molecule has 3 rings (SSSR count). The fourth-order valence-corrected chi connectivity index (χ4v) is 3.26. The molecule has 1 amide bonds. The van der Waals surface area contributed by atoms with Gasteiger partial charge in [-0.05, 0) is 30.5 Å². The van der Waals surface area contributed by atoms with Gasteiger partial charge < -0.3 is 20.0 Å². The van der Waals surface area contributed by atoms with Gasteiger partial charge in [-0.15, -0.1) is 0 Å². The maximum absolute atomic E-state index is 12.5. The zero-order valence-electron chi connectivity index (χ0n) is 13.0. The topological polar surface area (TPSA) is 78.5 Å². The molecule has 0 aliphatic carbocycles. The molecule has 0 radical (unpaired) electrons. The molecule has 0 unspecified atom stereocenters. The first kappa shape index (κ1) is 15.7. The summed E-state index contributed by atoms with van der Waals surface area (Å²) >= 11 is 0. The van der Waals surface area contributed by atoms with Gasteiger partial charge in [-0.2, -0.15) is 0 Å². The lowest BCUT2D eigenvalue weighted by Crippen LogP contribution is -2.45. The van der Waals surface area contributed by atoms with E-state index in [1.165, 1.54) is 5.56 Å². The minimum absolute atomic E-state index is 0.336. The number of fused-ring (bicyclic) bond motifs is 2. The summed E-state index contributed by atoms with van der Waals surface area (Å²) in [7, 11) is 0. The zero-order valence-corrected chi connectivity index (χ0v) is 13.0. The summed E-state index contributed by atoms with van der Waals surface area (Å²) in [6, 6.07) is 7.67. The molecular weight excluding hydrogens is 294 g/mol. The standard InChI is InChI=1S/C18H21NO4/c1-2-3-4-11-5-7-12(8-6-11)19-17(20)15-13-9-10-14(23-13)16(15)18(21)22/h5-10,13-16H,2-4H2,1H3,(H,19,20)(H,21,22)/p-1/t13-,14+,15-,16-/m0/s1. The molecule has 2 bridgehead atoms. The summed E-state index contributed by atoms with van der Waals surface area (Å²) in [5.74, 6) is -3.24. The second-order valence-electron chi connectivity index (χ2n) is 6.11. The van der Waals surface area contributed by atoms with Crippen molar-refractivity contribution >= 4 is 17.6 Å². The first-order valence-electron chi connectivity index (χ1n) is 8.04. The van der Waals surface area contributed by atoms with E-state index in [4.69, 9.17) is 4.74 Å². The number of ether oxygens (including phenoxy) is 1. The predicted octanol–water partition coefficient (Wildman–Crippen LogP) is 1.29. The molecule has 0 saturated carbocycles. The van der Waals surface area contributed by atoms with E-state index >= 15 is 0 Å². The lowest BCUT2D eigenvalue weighted by atomic mass is 9.82. The van der Waals surface area contributed by atoms with Crippen LogP contribution in [-0.4, -0.2) is 24.1 Å². The molecule has 5 heteroatoms. The maximum atomic E-state index is 12.5. The Morgan fingerprint density at radius 2 is 1.78 bits per heavy atom. The number of benzene rings is 1. The van der Waals surface area contributed by atoms with E-state index in [0.717, 1.165) is 19.3 Å². The van der Waals surface area contributed by atoms with E-state index < -0.39 is 30.0 Å². The van der Waals surface area contributed by atoms with Crippen LogP contribution in [0, 0.1) is 11.8 Å². The van der Waals surface area contributed by atoms with Crippen molar-refractivity contribution in [2.75, 3.05) is 5.32 Å². The van der Waals surface area contributed by atoms with Gasteiger partial charge in [0.05, 0.1) is 18.1 Å². The van der Waals surface area contributed by atoms with Gasteiger partial charge in [-0.1, -0.05) is 37.6 Å². The van der Waals surface area contributed by atoms with Crippen molar-refractivity contribution < 1.29 is 19.4 Å². The van der Waals surface area contributed by atoms with Crippen LogP contribution in [0.25, 0.3) is 0 Å². The molecule has 1 saturated heterocycles. The minimum atomic E-state index is -1.24. The number of carbonyl (C=O) groups is 2. The molecule has 5 nitrogen and oxygen atoms in total. The van der Waals surface area contributed by atoms with Gasteiger partial charge in [-0.25, -0.2) is 0 Å². The summed E-state index contributed by atoms with van der Waals surface area (Å²) in [4.78, 5) is 23.8. The van der Waals surface area contributed by atoms with E-state index in [1.807, 2.05) is 24.3 Å². The second kappa shape index (κ2) is 6.54. The van der Waals surface area contributed by atoms with E-state index in [2.05, 4.69) is 12.2 Å². The maximum Gasteiger partial charge on any atom is 0.231 e. The van der Waals surface area contributed by atoms with Gasteiger partial charge in [0.15, 0.2) is 0 Å². The van der Waals surface area contributed by atoms with Gasteiger partial charge in [0.25, 0.3) is 0 Å². The lowest BCUT2D eigenvalue weighted by Gasteiger charge is -2.25. The zero-order chi connectivity index (χ0) is 16.4. The molecule has 1 aromatic carbocycles. The van der Waals surface area contributed by atoms with Crippen LogP contribution in [0.4, 0.5) is 5.69 Å². The molecule has 1 aromatic rings. The Hall–Kier alpha value is -2.14. The van der Waals surface area contributed by atoms with Gasteiger partial charge in [0, 0.05) is 17.6 Å². The Labute approximate surface area is 135 Å². The number of anilines is 1. The second-order valence-corrected chi connectivity index (χ2v) is 6.11. The molecule has 23 heavy (non-hydrogen) atoms. The highest BCUT2D eigenvalue weighted by atomic mass is 16.5. The fraction of sp³-hybridized carbons (Fsp3) is 0.444. The third-order valence-corrected chi connectivity index (χ3v) is 4.51. The summed E-state index contributed by atoms with van der Waals surface area (Å²) in [5, 5.41) is 14.1. The summed E-state index contributed by atoms with van der Waals surface area (Å²) < 4.78 is 5.49. The molecule has 2 aliphatic heterocycles. The monoisotopic (exact) mass is 314 g/mol. The van der Waals surface area contributed by atoms with Crippen molar-refractivity contribution in [3.63, 3.8) is 0 Å². The number of unbranched alkanes of at least 4 members (excludes halogenated alkanes) is 1. The highest BCUT2D eigenvalue weighted by Crippen LogP contribution is 2.39. The van der Waals surface area contributed by atoms with Gasteiger partial charge in [-0.3, -0.25) is 4.79 Å².